The Kier molecular flexibility index (Phi) is 11.6. The summed E-state index contributed by atoms with van der Waals surface area (Å²) in [6, 6.07) is 8.15. The number of aromatic nitrogens is 2. The van der Waals surface area contributed by atoms with Crippen LogP contribution in [0.15, 0.2) is 24.3 Å². The summed E-state index contributed by atoms with van der Waals surface area (Å²) in [5, 5.41) is 16.4. The maximum atomic E-state index is 11.4. The lowest BCUT2D eigenvalue weighted by Crippen LogP contribution is -2.24. The van der Waals surface area contributed by atoms with Crippen molar-refractivity contribution in [3.05, 3.63) is 46.6 Å². The molecule has 33 heavy (non-hydrogen) atoms. The van der Waals surface area contributed by atoms with Crippen LogP contribution >= 0.6 is 0 Å². The molecule has 0 radical (unpaired) electrons. The van der Waals surface area contributed by atoms with Gasteiger partial charge in [-0.1, -0.05) is 44.0 Å². The average molecular weight is 458 g/mol. The predicted octanol–water partition coefficient (Wildman–Crippen LogP) is 3.16. The maximum absolute atomic E-state index is 11.4. The largest absolute Gasteiger partial charge is 0.469 e. The van der Waals surface area contributed by atoms with E-state index in [1.54, 1.807) is 0 Å². The third-order valence-corrected chi connectivity index (χ3v) is 5.66. The van der Waals surface area contributed by atoms with Crippen LogP contribution < -0.4 is 16.4 Å². The summed E-state index contributed by atoms with van der Waals surface area (Å²) in [6.45, 7) is 5.89. The molecule has 0 spiro atoms. The number of unbranched alkanes of at least 4 members (excludes halogenated alkanes) is 1. The Morgan fingerprint density at radius 2 is 1.88 bits per heavy atom. The highest BCUT2D eigenvalue weighted by Gasteiger charge is 2.15. The number of esters is 1. The van der Waals surface area contributed by atoms with E-state index >= 15 is 0 Å². The van der Waals surface area contributed by atoms with Crippen molar-refractivity contribution in [3.8, 4) is 0 Å². The van der Waals surface area contributed by atoms with E-state index in [-0.39, 0.29) is 24.6 Å². The maximum Gasteiger partial charge on any atom is 0.309 e. The smallest absolute Gasteiger partial charge is 0.309 e. The van der Waals surface area contributed by atoms with E-state index < -0.39 is 0 Å². The van der Waals surface area contributed by atoms with Crippen LogP contribution in [0.5, 0.6) is 0 Å². The fourth-order valence-corrected chi connectivity index (χ4v) is 3.76. The number of nitrogens with two attached hydrogens (primary N) is 1. The molecule has 0 aliphatic carbocycles. The van der Waals surface area contributed by atoms with Crippen LogP contribution in [0.1, 0.15) is 61.4 Å². The van der Waals surface area contributed by atoms with Crippen molar-refractivity contribution < 1.29 is 14.6 Å². The fraction of sp³-hybridized carbons (Fsp3) is 0.560. The topological polar surface area (TPSA) is 122 Å². The van der Waals surface area contributed by atoms with Gasteiger partial charge >= 0.3 is 5.97 Å². The molecule has 182 valence electrons. The molecule has 5 N–H and O–H groups in total. The number of aryl methyl sites for hydroxylation is 1. The molecular formula is C25H39N5O3. The SMILES string of the molecule is CCCC[C@@H](CCO)Nc1nc(N)nc(C)c1CCCNCc1ccc(CC(=O)OC)cc1. The Morgan fingerprint density at radius 1 is 1.15 bits per heavy atom. The number of aliphatic hydroxyl groups is 1. The molecule has 1 atom stereocenters. The van der Waals surface area contributed by atoms with Gasteiger partial charge in [0.1, 0.15) is 5.82 Å². The molecule has 8 heteroatoms. The number of aliphatic hydroxyl groups excluding tert-OH is 1. The van der Waals surface area contributed by atoms with Crippen molar-refractivity contribution >= 4 is 17.7 Å². The molecule has 1 heterocycles. The summed E-state index contributed by atoms with van der Waals surface area (Å²) in [4.78, 5) is 20.2. The lowest BCUT2D eigenvalue weighted by Gasteiger charge is -2.21. The molecule has 1 aromatic heterocycles. The van der Waals surface area contributed by atoms with Gasteiger partial charge in [0.2, 0.25) is 5.95 Å². The second kappa shape index (κ2) is 14.4. The van der Waals surface area contributed by atoms with Gasteiger partial charge in [0.15, 0.2) is 0 Å². The van der Waals surface area contributed by atoms with Gasteiger partial charge in [0.25, 0.3) is 0 Å². The highest BCUT2D eigenvalue weighted by Crippen LogP contribution is 2.22. The van der Waals surface area contributed by atoms with Crippen molar-refractivity contribution in [2.75, 3.05) is 31.3 Å². The number of anilines is 2. The van der Waals surface area contributed by atoms with Crippen molar-refractivity contribution in [2.24, 2.45) is 0 Å². The van der Waals surface area contributed by atoms with Crippen LogP contribution in [0.3, 0.4) is 0 Å². The quantitative estimate of drug-likeness (QED) is 0.238. The third-order valence-electron chi connectivity index (χ3n) is 5.66. The monoisotopic (exact) mass is 457 g/mol. The van der Waals surface area contributed by atoms with Gasteiger partial charge in [-0.05, 0) is 50.3 Å². The van der Waals surface area contributed by atoms with E-state index in [1.165, 1.54) is 12.7 Å². The van der Waals surface area contributed by atoms with Crippen LogP contribution in [0.25, 0.3) is 0 Å². The minimum Gasteiger partial charge on any atom is -0.469 e. The van der Waals surface area contributed by atoms with Crippen LogP contribution in [-0.4, -0.2) is 47.3 Å². The number of nitrogens with one attached hydrogen (secondary N) is 2. The van der Waals surface area contributed by atoms with Gasteiger partial charge in [0.05, 0.1) is 13.5 Å². The van der Waals surface area contributed by atoms with E-state index in [0.29, 0.717) is 12.8 Å². The Bertz CT molecular complexity index is 858. The minimum absolute atomic E-state index is 0.143. The average Bonchev–Trinajstić information content (AvgIpc) is 2.79. The zero-order chi connectivity index (χ0) is 24.1. The third kappa shape index (κ3) is 9.35. The van der Waals surface area contributed by atoms with Crippen molar-refractivity contribution in [1.82, 2.24) is 15.3 Å². The number of hydrogen-bond acceptors (Lipinski definition) is 8. The van der Waals surface area contributed by atoms with Crippen molar-refractivity contribution in [1.29, 1.82) is 0 Å². The predicted molar refractivity (Wildman–Crippen MR) is 132 cm³/mol. The first-order chi connectivity index (χ1) is 16.0. The number of rotatable bonds is 15. The zero-order valence-electron chi connectivity index (χ0n) is 20.2. The van der Waals surface area contributed by atoms with Crippen LogP contribution in [0.4, 0.5) is 11.8 Å². The standard InChI is InChI=1S/C25H39N5O3/c1-4-5-7-21(13-15-31)29-24-22(18(2)28-25(26)30-24)8-6-14-27-17-20-11-9-19(10-12-20)16-23(32)33-3/h9-12,21,27,31H,4-8,13-17H2,1-3H3,(H3,26,28,29,30)/t21-/m0/s1. The molecule has 0 unspecified atom stereocenters. The second-order valence-corrected chi connectivity index (χ2v) is 8.34. The Balaban J connectivity index is 1.88. The Labute approximate surface area is 197 Å². The lowest BCUT2D eigenvalue weighted by atomic mass is 10.0. The Morgan fingerprint density at radius 3 is 2.55 bits per heavy atom. The van der Waals surface area contributed by atoms with Gasteiger partial charge in [-0.2, -0.15) is 4.98 Å². The molecule has 0 saturated heterocycles. The fourth-order valence-electron chi connectivity index (χ4n) is 3.76. The first-order valence-corrected chi connectivity index (χ1v) is 11.8. The van der Waals surface area contributed by atoms with Crippen molar-refractivity contribution in [2.45, 2.75) is 71.4 Å². The van der Waals surface area contributed by atoms with E-state index in [1.807, 2.05) is 31.2 Å². The first-order valence-electron chi connectivity index (χ1n) is 11.8. The summed E-state index contributed by atoms with van der Waals surface area (Å²) >= 11 is 0. The summed E-state index contributed by atoms with van der Waals surface area (Å²) in [5.74, 6) is 0.825. The number of benzene rings is 1. The highest BCUT2D eigenvalue weighted by atomic mass is 16.5. The number of methoxy groups -OCH3 is 1. The first kappa shape index (κ1) is 26.5. The van der Waals surface area contributed by atoms with Gasteiger partial charge < -0.3 is 26.2 Å². The molecule has 0 saturated carbocycles. The van der Waals surface area contributed by atoms with Gasteiger partial charge in [-0.15, -0.1) is 0 Å². The summed E-state index contributed by atoms with van der Waals surface area (Å²) < 4.78 is 4.70. The molecular weight excluding hydrogens is 418 g/mol. The van der Waals surface area contributed by atoms with Crippen LogP contribution in [0, 0.1) is 6.92 Å². The second-order valence-electron chi connectivity index (χ2n) is 8.34. The highest BCUT2D eigenvalue weighted by molar-refractivity contribution is 5.72. The van der Waals surface area contributed by atoms with E-state index in [0.717, 1.165) is 67.8 Å². The molecule has 0 amide bonds. The van der Waals surface area contributed by atoms with Crippen LogP contribution in [0.2, 0.25) is 0 Å². The van der Waals surface area contributed by atoms with Gasteiger partial charge in [-0.3, -0.25) is 4.79 Å². The lowest BCUT2D eigenvalue weighted by molar-refractivity contribution is -0.139. The van der Waals surface area contributed by atoms with Crippen LogP contribution in [-0.2, 0) is 28.9 Å². The normalized spacial score (nSPS) is 11.9. The summed E-state index contributed by atoms with van der Waals surface area (Å²) in [6.07, 6.45) is 5.94. The summed E-state index contributed by atoms with van der Waals surface area (Å²) in [7, 11) is 1.40. The molecule has 8 nitrogen and oxygen atoms in total. The number of hydrogen-bond donors (Lipinski definition) is 4. The molecule has 2 rings (SSSR count). The number of nitrogen functional groups attached to an aromatic ring is 1. The molecule has 0 aliphatic heterocycles. The summed E-state index contributed by atoms with van der Waals surface area (Å²) in [5.41, 5.74) is 10.0. The van der Waals surface area contributed by atoms with Gasteiger partial charge in [-0.25, -0.2) is 4.98 Å². The van der Waals surface area contributed by atoms with E-state index in [9.17, 15) is 9.90 Å². The number of nitrogens with zero attached hydrogens (tertiary/aromatic N) is 2. The Hall–Kier alpha value is -2.71. The van der Waals surface area contributed by atoms with Gasteiger partial charge in [0, 0.05) is 30.5 Å². The minimum atomic E-state index is -0.232. The molecule has 2 aromatic rings. The zero-order valence-corrected chi connectivity index (χ0v) is 20.2. The van der Waals surface area contributed by atoms with Crippen molar-refractivity contribution in [3.63, 3.8) is 0 Å². The number of carbonyl (C=O) groups excluding carboxylic acids is 1. The molecule has 0 bridgehead atoms. The molecule has 0 fully saturated rings. The molecule has 1 aromatic carbocycles. The van der Waals surface area contributed by atoms with E-state index in [2.05, 4.69) is 27.5 Å². The van der Waals surface area contributed by atoms with E-state index in [4.69, 9.17) is 10.5 Å². The number of ether oxygens (including phenoxy) is 1. The number of carbonyl (C=O) groups is 1. The molecule has 0 aliphatic rings.